The van der Waals surface area contributed by atoms with E-state index in [1.165, 1.54) is 0 Å². The van der Waals surface area contributed by atoms with Gasteiger partial charge >= 0.3 is 0 Å². The first-order valence-corrected chi connectivity index (χ1v) is 17.0. The van der Waals surface area contributed by atoms with E-state index in [9.17, 15) is 0 Å². The lowest BCUT2D eigenvalue weighted by molar-refractivity contribution is 0.654. The summed E-state index contributed by atoms with van der Waals surface area (Å²) in [7, 11) is 0. The topological polar surface area (TPSA) is 80.8 Å². The highest BCUT2D eigenvalue weighted by Crippen LogP contribution is 2.39. The average Bonchev–Trinajstić information content (AvgIpc) is 3.59. The van der Waals surface area contributed by atoms with Gasteiger partial charge in [-0.1, -0.05) is 42.5 Å². The van der Waals surface area contributed by atoms with E-state index in [0.717, 1.165) is 88.6 Å². The molecule has 10 aromatic rings. The van der Waals surface area contributed by atoms with E-state index in [-0.39, 0.29) is 0 Å². The summed E-state index contributed by atoms with van der Waals surface area (Å²) in [5.74, 6) is 0. The van der Waals surface area contributed by atoms with Crippen molar-refractivity contribution in [3.05, 3.63) is 171 Å². The molecule has 7 heteroatoms. The molecule has 0 saturated carbocycles. The van der Waals surface area contributed by atoms with E-state index in [1.807, 2.05) is 36.7 Å². The molecule has 7 nitrogen and oxygen atoms in total. The number of fused-ring (bicyclic) bond motifs is 5. The Balaban J connectivity index is 1.02. The minimum Gasteiger partial charge on any atom is -0.438 e. The van der Waals surface area contributed by atoms with E-state index in [0.29, 0.717) is 5.71 Å². The molecule has 0 spiro atoms. The van der Waals surface area contributed by atoms with Gasteiger partial charge in [-0.05, 0) is 107 Å². The monoisotopic (exact) mass is 668 g/mol. The van der Waals surface area contributed by atoms with Gasteiger partial charge in [0.2, 0.25) is 5.71 Å². The number of nitrogens with zero attached hydrogens (tertiary/aromatic N) is 6. The molecule has 0 atom stereocenters. The molecule has 0 aliphatic rings. The Morgan fingerprint density at radius 2 is 0.923 bits per heavy atom. The Morgan fingerprint density at radius 1 is 0.404 bits per heavy atom. The van der Waals surface area contributed by atoms with Crippen LogP contribution in [-0.4, -0.2) is 24.9 Å². The first-order chi connectivity index (χ1) is 25.7. The average molecular weight is 669 g/mol. The van der Waals surface area contributed by atoms with Gasteiger partial charge in [0.25, 0.3) is 0 Å². The third kappa shape index (κ3) is 5.28. The van der Waals surface area contributed by atoms with Gasteiger partial charge in [0, 0.05) is 80.7 Å². The maximum absolute atomic E-state index is 6.08. The number of furan rings is 1. The Bertz CT molecular complexity index is 2780. The number of hydrogen-bond donors (Lipinski definition) is 0. The van der Waals surface area contributed by atoms with Gasteiger partial charge in [-0.2, -0.15) is 0 Å². The van der Waals surface area contributed by atoms with Crippen LogP contribution in [0, 0.1) is 0 Å². The molecule has 0 unspecified atom stereocenters. The van der Waals surface area contributed by atoms with Crippen molar-refractivity contribution in [2.75, 3.05) is 4.90 Å². The maximum atomic E-state index is 6.08. The van der Waals surface area contributed by atoms with Crippen LogP contribution in [0.5, 0.6) is 0 Å². The fourth-order valence-corrected chi connectivity index (χ4v) is 6.90. The summed E-state index contributed by atoms with van der Waals surface area (Å²) in [5.41, 5.74) is 12.8. The van der Waals surface area contributed by atoms with Gasteiger partial charge < -0.3 is 9.32 Å². The van der Waals surface area contributed by atoms with Crippen LogP contribution in [0.4, 0.5) is 17.1 Å². The summed E-state index contributed by atoms with van der Waals surface area (Å²) in [5, 5.41) is 4.21. The molecule has 0 N–H and O–H groups in total. The highest BCUT2D eigenvalue weighted by molar-refractivity contribution is 6.04. The molecule has 0 aliphatic heterocycles. The lowest BCUT2D eigenvalue weighted by Gasteiger charge is -2.26. The van der Waals surface area contributed by atoms with Crippen LogP contribution in [0.3, 0.4) is 0 Å². The molecule has 6 aromatic heterocycles. The lowest BCUT2D eigenvalue weighted by Crippen LogP contribution is -2.09. The van der Waals surface area contributed by atoms with Gasteiger partial charge in [-0.3, -0.25) is 19.9 Å². The zero-order chi connectivity index (χ0) is 34.4. The summed E-state index contributed by atoms with van der Waals surface area (Å²) in [4.78, 5) is 24.3. The fraction of sp³-hybridized carbons (Fsp3) is 0. The SMILES string of the molecule is c1cnc2oc3cc(-c4ccc(N(c5ccc(-c6cnc7cnccc7c6)cc5)c5ccc(-c6cnc7cnccc7c6)cc5)cc4)ccc3c2c1. The molecule has 0 amide bonds. The molecule has 6 heterocycles. The van der Waals surface area contributed by atoms with Crippen molar-refractivity contribution in [1.82, 2.24) is 24.9 Å². The third-order valence-electron chi connectivity index (χ3n) is 9.60. The summed E-state index contributed by atoms with van der Waals surface area (Å²) in [6.45, 7) is 0. The Hall–Kier alpha value is -7.25. The lowest BCUT2D eigenvalue weighted by atomic mass is 10.0. The predicted octanol–water partition coefficient (Wildman–Crippen LogP) is 11.3. The van der Waals surface area contributed by atoms with Crippen LogP contribution in [0.2, 0.25) is 0 Å². The molecule has 4 aromatic carbocycles. The Kier molecular flexibility index (Phi) is 6.99. The van der Waals surface area contributed by atoms with Crippen LogP contribution in [0.25, 0.3) is 77.3 Å². The minimum absolute atomic E-state index is 0.654. The highest BCUT2D eigenvalue weighted by Gasteiger charge is 2.15. The van der Waals surface area contributed by atoms with Crippen LogP contribution < -0.4 is 4.90 Å². The molecule has 0 aliphatic carbocycles. The van der Waals surface area contributed by atoms with Crippen molar-refractivity contribution in [2.24, 2.45) is 0 Å². The first-order valence-electron chi connectivity index (χ1n) is 17.0. The van der Waals surface area contributed by atoms with E-state index in [2.05, 4.69) is 133 Å². The smallest absolute Gasteiger partial charge is 0.227 e. The van der Waals surface area contributed by atoms with Gasteiger partial charge in [0.05, 0.1) is 23.4 Å². The molecule has 10 rings (SSSR count). The van der Waals surface area contributed by atoms with E-state index in [1.54, 1.807) is 31.0 Å². The van der Waals surface area contributed by atoms with Gasteiger partial charge in [-0.25, -0.2) is 4.98 Å². The number of benzene rings is 4. The minimum atomic E-state index is 0.654. The molecule has 52 heavy (non-hydrogen) atoms. The molecular weight excluding hydrogens is 641 g/mol. The fourth-order valence-electron chi connectivity index (χ4n) is 6.90. The van der Waals surface area contributed by atoms with E-state index < -0.39 is 0 Å². The second-order valence-electron chi connectivity index (χ2n) is 12.7. The molecule has 0 bridgehead atoms. The zero-order valence-corrected chi connectivity index (χ0v) is 27.8. The molecule has 0 fully saturated rings. The number of anilines is 3. The van der Waals surface area contributed by atoms with Crippen molar-refractivity contribution in [3.63, 3.8) is 0 Å². The van der Waals surface area contributed by atoms with Crippen molar-refractivity contribution in [1.29, 1.82) is 0 Å². The van der Waals surface area contributed by atoms with Crippen LogP contribution in [-0.2, 0) is 0 Å². The number of rotatable bonds is 6. The Labute approximate surface area is 298 Å². The van der Waals surface area contributed by atoms with Gasteiger partial charge in [0.15, 0.2) is 0 Å². The van der Waals surface area contributed by atoms with Gasteiger partial charge in [0.1, 0.15) is 5.58 Å². The Morgan fingerprint density at radius 3 is 1.48 bits per heavy atom. The maximum Gasteiger partial charge on any atom is 0.227 e. The summed E-state index contributed by atoms with van der Waals surface area (Å²) in [6, 6.07) is 44.6. The number of hydrogen-bond acceptors (Lipinski definition) is 7. The van der Waals surface area contributed by atoms with Crippen LogP contribution in [0.15, 0.2) is 175 Å². The van der Waals surface area contributed by atoms with Crippen molar-refractivity contribution < 1.29 is 4.42 Å². The normalized spacial score (nSPS) is 11.5. The third-order valence-corrected chi connectivity index (χ3v) is 9.60. The van der Waals surface area contributed by atoms with E-state index >= 15 is 0 Å². The van der Waals surface area contributed by atoms with E-state index in [4.69, 9.17) is 4.42 Å². The summed E-state index contributed by atoms with van der Waals surface area (Å²) < 4.78 is 6.08. The molecule has 0 saturated heterocycles. The van der Waals surface area contributed by atoms with Crippen molar-refractivity contribution in [2.45, 2.75) is 0 Å². The summed E-state index contributed by atoms with van der Waals surface area (Å²) in [6.07, 6.45) is 12.8. The standard InChI is InChI=1S/C45H28N6O/c1-2-41-40-16-9-32(24-44(40)52-45(41)48-19-1)29-3-10-37(11-4-29)51(38-12-5-30(6-13-38)35-22-33-17-20-46-27-42(33)49-25-35)39-14-7-31(8-15-39)36-23-34-18-21-47-28-43(34)50-26-36/h1-28H. The molecular formula is C45H28N6O. The largest absolute Gasteiger partial charge is 0.438 e. The number of pyridine rings is 5. The van der Waals surface area contributed by atoms with Crippen molar-refractivity contribution >= 4 is 60.9 Å². The van der Waals surface area contributed by atoms with Crippen LogP contribution >= 0.6 is 0 Å². The highest BCUT2D eigenvalue weighted by atomic mass is 16.3. The molecule has 244 valence electrons. The predicted molar refractivity (Wildman–Crippen MR) is 209 cm³/mol. The van der Waals surface area contributed by atoms with Gasteiger partial charge in [-0.15, -0.1) is 0 Å². The second kappa shape index (κ2) is 12.3. The second-order valence-corrected chi connectivity index (χ2v) is 12.7. The quantitative estimate of drug-likeness (QED) is 0.174. The number of aromatic nitrogens is 5. The van der Waals surface area contributed by atoms with Crippen molar-refractivity contribution in [3.8, 4) is 33.4 Å². The molecule has 0 radical (unpaired) electrons. The summed E-state index contributed by atoms with van der Waals surface area (Å²) >= 11 is 0. The zero-order valence-electron chi connectivity index (χ0n) is 27.8. The van der Waals surface area contributed by atoms with Crippen LogP contribution in [0.1, 0.15) is 0 Å². The first kappa shape index (κ1) is 29.6.